The van der Waals surface area contributed by atoms with Crippen molar-refractivity contribution >= 4 is 21.8 Å². The van der Waals surface area contributed by atoms with Crippen LogP contribution >= 0.6 is 0 Å². The third-order valence-corrected chi connectivity index (χ3v) is 5.89. The Balaban J connectivity index is 1.72. The van der Waals surface area contributed by atoms with E-state index in [1.807, 2.05) is 77.5 Å². The van der Waals surface area contributed by atoms with Gasteiger partial charge in [-0.05, 0) is 53.6 Å². The first-order valence-corrected chi connectivity index (χ1v) is 10.6. The number of pyridine rings is 1. The van der Waals surface area contributed by atoms with Gasteiger partial charge in [-0.3, -0.25) is 0 Å². The Morgan fingerprint density at radius 2 is 1.36 bits per heavy atom. The van der Waals surface area contributed by atoms with Gasteiger partial charge in [-0.25, -0.2) is 4.98 Å². The summed E-state index contributed by atoms with van der Waals surface area (Å²) in [4.78, 5) is 4.79. The van der Waals surface area contributed by atoms with Gasteiger partial charge in [0.2, 0.25) is 5.88 Å². The van der Waals surface area contributed by atoms with Crippen LogP contribution in [0.5, 0.6) is 23.1 Å². The molecule has 0 radical (unpaired) electrons. The molecule has 5 aromatic rings. The van der Waals surface area contributed by atoms with Crippen molar-refractivity contribution in [3.8, 4) is 34.3 Å². The largest absolute Gasteiger partial charge is 0.497 e. The van der Waals surface area contributed by atoms with Gasteiger partial charge in [-0.15, -0.1) is 0 Å². The molecule has 0 aliphatic rings. The Hall–Kier alpha value is -4.19. The number of nitrogens with zero attached hydrogens (tertiary/aromatic N) is 2. The first kappa shape index (κ1) is 20.7. The van der Waals surface area contributed by atoms with E-state index in [-0.39, 0.29) is 5.88 Å². The highest BCUT2D eigenvalue weighted by Gasteiger charge is 2.18. The van der Waals surface area contributed by atoms with Crippen molar-refractivity contribution in [2.24, 2.45) is 0 Å². The fourth-order valence-electron chi connectivity index (χ4n) is 4.15. The first-order chi connectivity index (χ1) is 16.1. The number of fused-ring (bicyclic) bond motifs is 2. The van der Waals surface area contributed by atoms with Gasteiger partial charge in [0.1, 0.15) is 22.8 Å². The highest BCUT2D eigenvalue weighted by Crippen LogP contribution is 2.40. The summed E-state index contributed by atoms with van der Waals surface area (Å²) in [6, 6.07) is 21.5. The topological polar surface area (TPSA) is 65.7 Å². The van der Waals surface area contributed by atoms with Crippen LogP contribution in [-0.4, -0.2) is 36.0 Å². The Morgan fingerprint density at radius 3 is 2.00 bits per heavy atom. The molecule has 0 bridgehead atoms. The normalized spacial score (nSPS) is 11.1. The van der Waals surface area contributed by atoms with E-state index in [2.05, 4.69) is 0 Å². The lowest BCUT2D eigenvalue weighted by Gasteiger charge is -2.11. The van der Waals surface area contributed by atoms with Gasteiger partial charge in [0.15, 0.2) is 0 Å². The summed E-state index contributed by atoms with van der Waals surface area (Å²) in [5.41, 5.74) is 4.38. The summed E-state index contributed by atoms with van der Waals surface area (Å²) < 4.78 is 17.9. The number of hydrogen-bond donors (Lipinski definition) is 1. The van der Waals surface area contributed by atoms with Crippen molar-refractivity contribution in [3.63, 3.8) is 0 Å². The predicted molar refractivity (Wildman–Crippen MR) is 130 cm³/mol. The minimum atomic E-state index is 0.133. The smallest absolute Gasteiger partial charge is 0.218 e. The molecule has 6 heteroatoms. The van der Waals surface area contributed by atoms with Crippen molar-refractivity contribution in [1.29, 1.82) is 0 Å². The van der Waals surface area contributed by atoms with Crippen molar-refractivity contribution in [1.82, 2.24) is 9.55 Å². The van der Waals surface area contributed by atoms with Crippen LogP contribution in [0.1, 0.15) is 5.56 Å². The monoisotopic (exact) mass is 440 g/mol. The van der Waals surface area contributed by atoms with Gasteiger partial charge in [-0.1, -0.05) is 24.3 Å². The average Bonchev–Trinajstić information content (AvgIpc) is 3.17. The second-order valence-electron chi connectivity index (χ2n) is 7.79. The molecule has 0 saturated carbocycles. The van der Waals surface area contributed by atoms with Gasteiger partial charge in [0, 0.05) is 22.5 Å². The molecule has 0 amide bonds. The minimum absolute atomic E-state index is 0.133. The molecular formula is C27H24N2O4. The van der Waals surface area contributed by atoms with E-state index in [0.717, 1.165) is 50.2 Å². The van der Waals surface area contributed by atoms with Gasteiger partial charge in [0.05, 0.1) is 33.4 Å². The van der Waals surface area contributed by atoms with E-state index in [1.54, 1.807) is 21.3 Å². The zero-order chi connectivity index (χ0) is 22.9. The SMILES string of the molecule is COc1ccc(Cn2cc3c(-c4ccc(OC)cc4)c4cc(OC)ccc4nc3c2O)cc1. The summed E-state index contributed by atoms with van der Waals surface area (Å²) in [6.45, 7) is 0.508. The van der Waals surface area contributed by atoms with E-state index in [1.165, 1.54) is 0 Å². The van der Waals surface area contributed by atoms with Gasteiger partial charge < -0.3 is 23.9 Å². The van der Waals surface area contributed by atoms with Crippen LogP contribution in [0.3, 0.4) is 0 Å². The standard InChI is InChI=1S/C27H24N2O4/c1-31-19-8-4-17(5-9-19)15-29-16-23-25(18-6-10-20(32-2)11-7-18)22-14-21(33-3)12-13-24(22)28-26(23)27(29)30/h4-14,16,30H,15H2,1-3H3. The van der Waals surface area contributed by atoms with Crippen LogP contribution in [0.25, 0.3) is 32.9 Å². The molecule has 1 N–H and O–H groups in total. The molecule has 5 rings (SSSR count). The number of rotatable bonds is 6. The number of aromatic hydroxyl groups is 1. The van der Waals surface area contributed by atoms with E-state index >= 15 is 0 Å². The fourth-order valence-corrected chi connectivity index (χ4v) is 4.15. The van der Waals surface area contributed by atoms with E-state index in [9.17, 15) is 5.11 Å². The molecule has 33 heavy (non-hydrogen) atoms. The summed E-state index contributed by atoms with van der Waals surface area (Å²) in [5, 5.41) is 12.9. The molecule has 0 aliphatic heterocycles. The lowest BCUT2D eigenvalue weighted by molar-refractivity contribution is 0.414. The molecule has 0 atom stereocenters. The first-order valence-electron chi connectivity index (χ1n) is 10.6. The number of aromatic nitrogens is 2. The minimum Gasteiger partial charge on any atom is -0.497 e. The average molecular weight is 440 g/mol. The molecule has 6 nitrogen and oxygen atoms in total. The summed E-state index contributed by atoms with van der Waals surface area (Å²) >= 11 is 0. The Kier molecular flexibility index (Phi) is 5.26. The third-order valence-electron chi connectivity index (χ3n) is 5.89. The highest BCUT2D eigenvalue weighted by atomic mass is 16.5. The van der Waals surface area contributed by atoms with E-state index < -0.39 is 0 Å². The van der Waals surface area contributed by atoms with Crippen LogP contribution in [0.2, 0.25) is 0 Å². The second kappa shape index (κ2) is 8.39. The number of ether oxygens (including phenoxy) is 3. The Morgan fingerprint density at radius 1 is 0.758 bits per heavy atom. The molecule has 3 aromatic carbocycles. The van der Waals surface area contributed by atoms with E-state index in [0.29, 0.717) is 12.1 Å². The maximum absolute atomic E-state index is 11.1. The van der Waals surface area contributed by atoms with Crippen LogP contribution in [0, 0.1) is 0 Å². The van der Waals surface area contributed by atoms with Gasteiger partial charge >= 0.3 is 0 Å². The predicted octanol–water partition coefficient (Wildman–Crippen LogP) is 5.64. The van der Waals surface area contributed by atoms with Gasteiger partial charge in [-0.2, -0.15) is 0 Å². The molecule has 0 fully saturated rings. The molecular weight excluding hydrogens is 416 g/mol. The number of benzene rings is 3. The van der Waals surface area contributed by atoms with Crippen molar-refractivity contribution in [2.45, 2.75) is 6.54 Å². The third kappa shape index (κ3) is 3.69. The summed E-state index contributed by atoms with van der Waals surface area (Å²) in [5.74, 6) is 2.46. The lowest BCUT2D eigenvalue weighted by atomic mass is 9.97. The molecule has 0 saturated heterocycles. The molecule has 0 aliphatic carbocycles. The number of hydrogen-bond acceptors (Lipinski definition) is 5. The summed E-state index contributed by atoms with van der Waals surface area (Å²) in [7, 11) is 4.94. The quantitative estimate of drug-likeness (QED) is 0.370. The number of methoxy groups -OCH3 is 3. The fraction of sp³-hybridized carbons (Fsp3) is 0.148. The Bertz CT molecular complexity index is 1440. The molecule has 0 unspecified atom stereocenters. The maximum atomic E-state index is 11.1. The highest BCUT2D eigenvalue weighted by molar-refractivity contribution is 6.11. The molecule has 0 spiro atoms. The molecule has 166 valence electrons. The zero-order valence-corrected chi connectivity index (χ0v) is 18.7. The van der Waals surface area contributed by atoms with Crippen molar-refractivity contribution in [3.05, 3.63) is 78.5 Å². The van der Waals surface area contributed by atoms with Gasteiger partial charge in [0.25, 0.3) is 0 Å². The van der Waals surface area contributed by atoms with Crippen LogP contribution in [-0.2, 0) is 6.54 Å². The molecule has 2 heterocycles. The zero-order valence-electron chi connectivity index (χ0n) is 18.7. The van der Waals surface area contributed by atoms with Crippen LogP contribution < -0.4 is 14.2 Å². The second-order valence-corrected chi connectivity index (χ2v) is 7.79. The van der Waals surface area contributed by atoms with E-state index in [4.69, 9.17) is 19.2 Å². The summed E-state index contributed by atoms with van der Waals surface area (Å²) in [6.07, 6.45) is 1.96. The van der Waals surface area contributed by atoms with Crippen LogP contribution in [0.15, 0.2) is 72.9 Å². The molecule has 2 aromatic heterocycles. The maximum Gasteiger partial charge on any atom is 0.218 e. The van der Waals surface area contributed by atoms with Crippen molar-refractivity contribution < 1.29 is 19.3 Å². The Labute approximate surface area is 191 Å². The van der Waals surface area contributed by atoms with Crippen LogP contribution in [0.4, 0.5) is 0 Å². The van der Waals surface area contributed by atoms with Crippen molar-refractivity contribution in [2.75, 3.05) is 21.3 Å². The lowest BCUT2D eigenvalue weighted by Crippen LogP contribution is -1.97.